The van der Waals surface area contributed by atoms with E-state index >= 15 is 0 Å². The van der Waals surface area contributed by atoms with Gasteiger partial charge in [0.2, 0.25) is 0 Å². The molecule has 0 saturated carbocycles. The van der Waals surface area contributed by atoms with Crippen molar-refractivity contribution >= 4 is 23.3 Å². The third-order valence-electron chi connectivity index (χ3n) is 4.64. The van der Waals surface area contributed by atoms with Gasteiger partial charge in [-0.15, -0.1) is 0 Å². The van der Waals surface area contributed by atoms with Gasteiger partial charge in [-0.2, -0.15) is 5.10 Å². The minimum atomic E-state index is -0.428. The van der Waals surface area contributed by atoms with Gasteiger partial charge in [-0.05, 0) is 30.7 Å². The lowest BCUT2D eigenvalue weighted by Gasteiger charge is -2.22. The molecular formula is C23H21ClN4O3. The summed E-state index contributed by atoms with van der Waals surface area (Å²) >= 11 is 6.23. The van der Waals surface area contributed by atoms with Crippen LogP contribution in [-0.2, 0) is 16.0 Å². The fraction of sp³-hybridized carbons (Fsp3) is 0.261. The van der Waals surface area contributed by atoms with Crippen LogP contribution >= 0.6 is 11.6 Å². The molecule has 1 atom stereocenters. The zero-order valence-electron chi connectivity index (χ0n) is 17.0. The van der Waals surface area contributed by atoms with E-state index < -0.39 is 5.91 Å². The Hall–Kier alpha value is -3.18. The first-order valence-electron chi connectivity index (χ1n) is 9.86. The lowest BCUT2D eigenvalue weighted by Crippen LogP contribution is -2.32. The first-order chi connectivity index (χ1) is 15.1. The Balaban J connectivity index is 1.43. The summed E-state index contributed by atoms with van der Waals surface area (Å²) in [5.74, 6) is 6.18. The monoisotopic (exact) mass is 436 g/mol. The molecule has 7 nitrogen and oxygen atoms in total. The summed E-state index contributed by atoms with van der Waals surface area (Å²) in [6.07, 6.45) is 3.12. The van der Waals surface area contributed by atoms with Gasteiger partial charge < -0.3 is 14.8 Å². The molecule has 0 bridgehead atoms. The number of aryl methyl sites for hydroxylation is 1. The molecule has 1 aliphatic heterocycles. The highest BCUT2D eigenvalue weighted by Gasteiger charge is 2.20. The molecule has 31 heavy (non-hydrogen) atoms. The molecule has 1 fully saturated rings. The number of anilines is 1. The Morgan fingerprint density at radius 3 is 2.81 bits per heavy atom. The number of hydrogen-bond donors (Lipinski definition) is 1. The second kappa shape index (κ2) is 9.75. The Morgan fingerprint density at radius 1 is 1.26 bits per heavy atom. The number of carbonyl (C=O) groups excluding carboxylic acids is 1. The third kappa shape index (κ3) is 5.50. The molecule has 1 unspecified atom stereocenters. The zero-order chi connectivity index (χ0) is 21.6. The number of pyridine rings is 1. The number of rotatable bonds is 4. The molecule has 0 spiro atoms. The summed E-state index contributed by atoms with van der Waals surface area (Å²) in [6.45, 7) is 3.94. The smallest absolute Gasteiger partial charge is 0.278 e. The van der Waals surface area contributed by atoms with Gasteiger partial charge in [-0.25, -0.2) is 4.98 Å². The lowest BCUT2D eigenvalue weighted by atomic mass is 10.1. The van der Waals surface area contributed by atoms with Gasteiger partial charge in [-0.1, -0.05) is 41.6 Å². The highest BCUT2D eigenvalue weighted by atomic mass is 35.5. The van der Waals surface area contributed by atoms with Crippen molar-refractivity contribution in [2.45, 2.75) is 19.6 Å². The molecular weight excluding hydrogens is 416 g/mol. The van der Waals surface area contributed by atoms with E-state index in [1.54, 1.807) is 17.1 Å². The highest BCUT2D eigenvalue weighted by molar-refractivity contribution is 6.34. The molecule has 0 radical (unpaired) electrons. The van der Waals surface area contributed by atoms with E-state index in [4.69, 9.17) is 21.1 Å². The molecule has 4 rings (SSSR count). The second-order valence-corrected chi connectivity index (χ2v) is 7.48. The van der Waals surface area contributed by atoms with Crippen molar-refractivity contribution in [2.75, 3.05) is 25.1 Å². The van der Waals surface area contributed by atoms with E-state index in [1.165, 1.54) is 0 Å². The van der Waals surface area contributed by atoms with Crippen molar-refractivity contribution in [3.63, 3.8) is 0 Å². The maximum Gasteiger partial charge on any atom is 0.278 e. The van der Waals surface area contributed by atoms with Crippen molar-refractivity contribution in [3.8, 4) is 11.8 Å². The van der Waals surface area contributed by atoms with Crippen molar-refractivity contribution in [1.82, 2.24) is 14.8 Å². The number of benzene rings is 1. The Morgan fingerprint density at radius 2 is 2.06 bits per heavy atom. The lowest BCUT2D eigenvalue weighted by molar-refractivity contribution is -0.0946. The van der Waals surface area contributed by atoms with Gasteiger partial charge in [0.15, 0.2) is 5.69 Å². The minimum absolute atomic E-state index is 0.117. The molecule has 1 aromatic carbocycles. The van der Waals surface area contributed by atoms with E-state index in [0.29, 0.717) is 32.2 Å². The van der Waals surface area contributed by atoms with Crippen LogP contribution in [0.4, 0.5) is 5.82 Å². The maximum absolute atomic E-state index is 12.7. The van der Waals surface area contributed by atoms with Crippen LogP contribution < -0.4 is 5.32 Å². The maximum atomic E-state index is 12.7. The van der Waals surface area contributed by atoms with E-state index in [1.807, 2.05) is 43.3 Å². The topological polar surface area (TPSA) is 78.3 Å². The Bertz CT molecular complexity index is 1130. The average molecular weight is 437 g/mol. The SMILES string of the molecule is Cc1cc(C#Cc2ccccc2)cnc1NC(=O)c1nn(CC2COCCO2)cc1Cl. The van der Waals surface area contributed by atoms with Gasteiger partial charge in [0.05, 0.1) is 31.4 Å². The average Bonchev–Trinajstić information content (AvgIpc) is 3.15. The van der Waals surface area contributed by atoms with Crippen LogP contribution in [0.15, 0.2) is 48.8 Å². The normalized spacial score (nSPS) is 15.7. The fourth-order valence-electron chi connectivity index (χ4n) is 3.10. The highest BCUT2D eigenvalue weighted by Crippen LogP contribution is 2.18. The molecule has 3 aromatic rings. The van der Waals surface area contributed by atoms with E-state index in [2.05, 4.69) is 27.2 Å². The number of nitrogens with zero attached hydrogens (tertiary/aromatic N) is 3. The van der Waals surface area contributed by atoms with Gasteiger partial charge in [0.25, 0.3) is 5.91 Å². The zero-order valence-corrected chi connectivity index (χ0v) is 17.7. The molecule has 1 saturated heterocycles. The first kappa shape index (κ1) is 21.1. The molecule has 8 heteroatoms. The number of amides is 1. The van der Waals surface area contributed by atoms with Crippen LogP contribution in [-0.4, -0.2) is 46.6 Å². The molecule has 158 valence electrons. The largest absolute Gasteiger partial charge is 0.376 e. The van der Waals surface area contributed by atoms with E-state index in [9.17, 15) is 4.79 Å². The minimum Gasteiger partial charge on any atom is -0.376 e. The molecule has 2 aromatic heterocycles. The third-order valence-corrected chi connectivity index (χ3v) is 4.92. The second-order valence-electron chi connectivity index (χ2n) is 7.08. The Labute approximate surface area is 185 Å². The van der Waals surface area contributed by atoms with Crippen molar-refractivity contribution in [2.24, 2.45) is 0 Å². The molecule has 1 aliphatic rings. The van der Waals surface area contributed by atoms with Crippen LogP contribution in [0.5, 0.6) is 0 Å². The summed E-state index contributed by atoms with van der Waals surface area (Å²) in [7, 11) is 0. The van der Waals surface area contributed by atoms with Crippen LogP contribution in [0.25, 0.3) is 0 Å². The van der Waals surface area contributed by atoms with Gasteiger partial charge >= 0.3 is 0 Å². The number of carbonyl (C=O) groups is 1. The molecule has 3 heterocycles. The number of aromatic nitrogens is 3. The quantitative estimate of drug-likeness (QED) is 0.635. The predicted molar refractivity (Wildman–Crippen MR) is 117 cm³/mol. The summed E-state index contributed by atoms with van der Waals surface area (Å²) < 4.78 is 12.6. The molecule has 0 aliphatic carbocycles. The fourth-order valence-corrected chi connectivity index (χ4v) is 3.34. The molecule has 1 amide bonds. The first-order valence-corrected chi connectivity index (χ1v) is 10.2. The summed E-state index contributed by atoms with van der Waals surface area (Å²) in [5, 5.41) is 7.33. The summed E-state index contributed by atoms with van der Waals surface area (Å²) in [5.41, 5.74) is 2.60. The number of nitrogens with one attached hydrogen (secondary N) is 1. The van der Waals surface area contributed by atoms with E-state index in [0.717, 1.165) is 16.7 Å². The van der Waals surface area contributed by atoms with Gasteiger partial charge in [0, 0.05) is 23.5 Å². The van der Waals surface area contributed by atoms with Crippen LogP contribution in [0.2, 0.25) is 5.02 Å². The Kier molecular flexibility index (Phi) is 6.63. The number of ether oxygens (including phenoxy) is 2. The van der Waals surface area contributed by atoms with E-state index in [-0.39, 0.29) is 16.8 Å². The van der Waals surface area contributed by atoms with Crippen LogP contribution in [0, 0.1) is 18.8 Å². The predicted octanol–water partition coefficient (Wildman–Crippen LogP) is 3.31. The van der Waals surface area contributed by atoms with Crippen molar-refractivity contribution in [1.29, 1.82) is 0 Å². The standard InChI is InChI=1S/C23H21ClN4O3/c1-16-11-18(8-7-17-5-3-2-4-6-17)12-25-22(16)26-23(29)21-20(24)14-28(27-21)13-19-15-30-9-10-31-19/h2-6,11-12,14,19H,9-10,13,15H2,1H3,(H,25,26,29). The van der Waals surface area contributed by atoms with Crippen LogP contribution in [0.3, 0.4) is 0 Å². The number of hydrogen-bond acceptors (Lipinski definition) is 5. The van der Waals surface area contributed by atoms with Crippen molar-refractivity contribution in [3.05, 3.63) is 76.2 Å². The van der Waals surface area contributed by atoms with Gasteiger partial charge in [-0.3, -0.25) is 9.48 Å². The summed E-state index contributed by atoms with van der Waals surface area (Å²) in [6, 6.07) is 11.6. The van der Waals surface area contributed by atoms with Gasteiger partial charge in [0.1, 0.15) is 11.9 Å². The van der Waals surface area contributed by atoms with Crippen molar-refractivity contribution < 1.29 is 14.3 Å². The van der Waals surface area contributed by atoms with Crippen LogP contribution in [0.1, 0.15) is 27.2 Å². The summed E-state index contributed by atoms with van der Waals surface area (Å²) in [4.78, 5) is 17.0. The molecule has 1 N–H and O–H groups in total. The number of halogens is 1.